The summed E-state index contributed by atoms with van der Waals surface area (Å²) in [6.07, 6.45) is 0.376. The van der Waals surface area contributed by atoms with E-state index in [4.69, 9.17) is 27.9 Å². The van der Waals surface area contributed by atoms with E-state index in [1.165, 1.54) is 6.07 Å². The Bertz CT molecular complexity index is 776. The third kappa shape index (κ3) is 5.92. The van der Waals surface area contributed by atoms with Crippen LogP contribution in [0.4, 0.5) is 11.4 Å². The van der Waals surface area contributed by atoms with Crippen LogP contribution in [-0.4, -0.2) is 18.4 Å². The van der Waals surface area contributed by atoms with Gasteiger partial charge >= 0.3 is 0 Å². The molecule has 25 heavy (non-hydrogen) atoms. The molecule has 2 N–H and O–H groups in total. The average molecular weight is 446 g/mol. The summed E-state index contributed by atoms with van der Waals surface area (Å²) in [5.41, 5.74) is 1.15. The minimum atomic E-state index is -0.364. The fourth-order valence-corrected chi connectivity index (χ4v) is 3.29. The van der Waals surface area contributed by atoms with Gasteiger partial charge in [-0.2, -0.15) is 0 Å². The number of amides is 2. The minimum absolute atomic E-state index is 0.103. The lowest BCUT2D eigenvalue weighted by Crippen LogP contribution is -2.20. The van der Waals surface area contributed by atoms with Crippen LogP contribution in [0.5, 0.6) is 5.75 Å². The minimum Gasteiger partial charge on any atom is -0.481 e. The Morgan fingerprint density at radius 1 is 1.08 bits per heavy atom. The molecule has 0 aliphatic carbocycles. The third-order valence-corrected chi connectivity index (χ3v) is 4.15. The first-order valence-corrected chi connectivity index (χ1v) is 8.91. The van der Waals surface area contributed by atoms with Gasteiger partial charge in [-0.25, -0.2) is 0 Å². The van der Waals surface area contributed by atoms with Crippen LogP contribution in [-0.2, 0) is 9.59 Å². The van der Waals surface area contributed by atoms with Crippen molar-refractivity contribution in [2.24, 2.45) is 0 Å². The Hall–Kier alpha value is -1.76. The van der Waals surface area contributed by atoms with Crippen LogP contribution >= 0.6 is 39.1 Å². The van der Waals surface area contributed by atoms with Gasteiger partial charge in [-0.1, -0.05) is 36.2 Å². The van der Waals surface area contributed by atoms with Gasteiger partial charge in [0, 0.05) is 22.8 Å². The van der Waals surface area contributed by atoms with Gasteiger partial charge in [0.25, 0.3) is 5.91 Å². The molecular weight excluding hydrogens is 431 g/mol. The van der Waals surface area contributed by atoms with Crippen molar-refractivity contribution >= 4 is 62.3 Å². The van der Waals surface area contributed by atoms with Crippen molar-refractivity contribution in [2.45, 2.75) is 13.3 Å². The SMILES string of the molecule is CCC(=O)Nc1cccc(NC(=O)COc2c(Cl)cc(Cl)cc2Br)c1. The van der Waals surface area contributed by atoms with Gasteiger partial charge in [-0.15, -0.1) is 0 Å². The van der Waals surface area contributed by atoms with E-state index < -0.39 is 0 Å². The highest BCUT2D eigenvalue weighted by Crippen LogP contribution is 2.36. The van der Waals surface area contributed by atoms with Crippen molar-refractivity contribution < 1.29 is 14.3 Å². The Morgan fingerprint density at radius 2 is 1.72 bits per heavy atom. The Labute approximate surface area is 163 Å². The smallest absolute Gasteiger partial charge is 0.262 e. The summed E-state index contributed by atoms with van der Waals surface area (Å²) in [4.78, 5) is 23.5. The number of carbonyl (C=O) groups is 2. The summed E-state index contributed by atoms with van der Waals surface area (Å²) in [6, 6.07) is 10.0. The number of hydrogen-bond donors (Lipinski definition) is 2. The molecule has 5 nitrogen and oxygen atoms in total. The molecule has 0 radical (unpaired) electrons. The van der Waals surface area contributed by atoms with Crippen LogP contribution in [0.15, 0.2) is 40.9 Å². The second kappa shape index (κ2) is 9.08. The van der Waals surface area contributed by atoms with Crippen LogP contribution in [0.2, 0.25) is 10.0 Å². The number of hydrogen-bond acceptors (Lipinski definition) is 3. The normalized spacial score (nSPS) is 10.2. The van der Waals surface area contributed by atoms with Crippen LogP contribution < -0.4 is 15.4 Å². The highest BCUT2D eigenvalue weighted by atomic mass is 79.9. The molecule has 0 saturated carbocycles. The van der Waals surface area contributed by atoms with E-state index in [9.17, 15) is 9.59 Å². The molecule has 0 fully saturated rings. The summed E-state index contributed by atoms with van der Waals surface area (Å²) in [5, 5.41) is 6.18. The van der Waals surface area contributed by atoms with Crippen LogP contribution in [0, 0.1) is 0 Å². The van der Waals surface area contributed by atoms with Crippen molar-refractivity contribution in [3.8, 4) is 5.75 Å². The van der Waals surface area contributed by atoms with E-state index in [1.54, 1.807) is 37.3 Å². The van der Waals surface area contributed by atoms with Crippen molar-refractivity contribution in [3.05, 3.63) is 50.9 Å². The zero-order valence-corrected chi connectivity index (χ0v) is 16.3. The topological polar surface area (TPSA) is 67.4 Å². The van der Waals surface area contributed by atoms with Crippen molar-refractivity contribution in [2.75, 3.05) is 17.2 Å². The van der Waals surface area contributed by atoms with Gasteiger partial charge in [0.1, 0.15) is 0 Å². The lowest BCUT2D eigenvalue weighted by atomic mass is 10.2. The fraction of sp³-hybridized carbons (Fsp3) is 0.176. The molecule has 2 aromatic rings. The van der Waals surface area contributed by atoms with Gasteiger partial charge < -0.3 is 15.4 Å². The molecular formula is C17H15BrCl2N2O3. The zero-order chi connectivity index (χ0) is 18.4. The molecule has 0 unspecified atom stereocenters. The molecule has 0 aliphatic heterocycles. The third-order valence-electron chi connectivity index (χ3n) is 3.06. The molecule has 2 rings (SSSR count). The number of nitrogens with one attached hydrogen (secondary N) is 2. The van der Waals surface area contributed by atoms with Gasteiger partial charge in [0.2, 0.25) is 5.91 Å². The van der Waals surface area contributed by atoms with Gasteiger partial charge in [-0.3, -0.25) is 9.59 Å². The number of benzene rings is 2. The van der Waals surface area contributed by atoms with E-state index >= 15 is 0 Å². The standard InChI is InChI=1S/C17H15BrCl2N2O3/c1-2-15(23)21-11-4-3-5-12(8-11)22-16(24)9-25-17-13(18)6-10(19)7-14(17)20/h3-8H,2,9H2,1H3,(H,21,23)(H,22,24). The lowest BCUT2D eigenvalue weighted by molar-refractivity contribution is -0.118. The summed E-state index contributed by atoms with van der Waals surface area (Å²) in [6.45, 7) is 1.53. The largest absolute Gasteiger partial charge is 0.481 e. The van der Waals surface area contributed by atoms with Crippen LogP contribution in [0.3, 0.4) is 0 Å². The molecule has 132 valence electrons. The number of rotatable bonds is 6. The van der Waals surface area contributed by atoms with Gasteiger partial charge in [0.15, 0.2) is 12.4 Å². The molecule has 0 bridgehead atoms. The second-order valence-corrected chi connectivity index (χ2v) is 6.72. The van der Waals surface area contributed by atoms with Crippen molar-refractivity contribution in [1.29, 1.82) is 0 Å². The van der Waals surface area contributed by atoms with Crippen LogP contribution in [0.1, 0.15) is 13.3 Å². The maximum absolute atomic E-state index is 12.1. The first-order chi connectivity index (χ1) is 11.9. The Kier molecular flexibility index (Phi) is 7.11. The molecule has 8 heteroatoms. The molecule has 0 saturated heterocycles. The quantitative estimate of drug-likeness (QED) is 0.648. The van der Waals surface area contributed by atoms with E-state index in [1.807, 2.05) is 0 Å². The maximum atomic E-state index is 12.1. The van der Waals surface area contributed by atoms with E-state index in [0.29, 0.717) is 38.1 Å². The number of carbonyl (C=O) groups excluding carboxylic acids is 2. The molecule has 0 atom stereocenters. The van der Waals surface area contributed by atoms with Crippen LogP contribution in [0.25, 0.3) is 0 Å². The molecule has 2 amide bonds. The predicted octanol–water partition coefficient (Wildman–Crippen LogP) is 5.12. The number of ether oxygens (including phenoxy) is 1. The van der Waals surface area contributed by atoms with Crippen molar-refractivity contribution in [3.63, 3.8) is 0 Å². The van der Waals surface area contributed by atoms with Crippen molar-refractivity contribution in [1.82, 2.24) is 0 Å². The molecule has 0 aliphatic rings. The molecule has 0 spiro atoms. The van der Waals surface area contributed by atoms with E-state index in [2.05, 4.69) is 26.6 Å². The lowest BCUT2D eigenvalue weighted by Gasteiger charge is -2.11. The summed E-state index contributed by atoms with van der Waals surface area (Å²) in [5.74, 6) is -0.129. The molecule has 2 aromatic carbocycles. The predicted molar refractivity (Wildman–Crippen MR) is 104 cm³/mol. The highest BCUT2D eigenvalue weighted by Gasteiger charge is 2.11. The van der Waals surface area contributed by atoms with E-state index in [-0.39, 0.29) is 18.4 Å². The second-order valence-electron chi connectivity index (χ2n) is 5.02. The Balaban J connectivity index is 1.97. The summed E-state index contributed by atoms with van der Waals surface area (Å²) < 4.78 is 6.01. The zero-order valence-electron chi connectivity index (χ0n) is 13.2. The van der Waals surface area contributed by atoms with Gasteiger partial charge in [-0.05, 0) is 46.3 Å². The molecule has 0 heterocycles. The maximum Gasteiger partial charge on any atom is 0.262 e. The first kappa shape index (κ1) is 19.6. The fourth-order valence-electron chi connectivity index (χ4n) is 1.93. The first-order valence-electron chi connectivity index (χ1n) is 7.36. The Morgan fingerprint density at radius 3 is 2.32 bits per heavy atom. The van der Waals surface area contributed by atoms with E-state index in [0.717, 1.165) is 0 Å². The summed E-state index contributed by atoms with van der Waals surface area (Å²) >= 11 is 15.2. The molecule has 0 aromatic heterocycles. The number of anilines is 2. The monoisotopic (exact) mass is 444 g/mol. The summed E-state index contributed by atoms with van der Waals surface area (Å²) in [7, 11) is 0. The number of halogens is 3. The highest BCUT2D eigenvalue weighted by molar-refractivity contribution is 9.10. The van der Waals surface area contributed by atoms with Gasteiger partial charge in [0.05, 0.1) is 9.50 Å². The average Bonchev–Trinajstić information content (AvgIpc) is 2.54.